The molecule has 1 unspecified atom stereocenters. The van der Waals surface area contributed by atoms with E-state index < -0.39 is 0 Å². The number of hydrogen-bond acceptors (Lipinski definition) is 3. The van der Waals surface area contributed by atoms with Gasteiger partial charge in [-0.05, 0) is 24.6 Å². The average Bonchev–Trinajstić information content (AvgIpc) is 2.79. The Hall–Kier alpha value is -1.20. The molecule has 0 aliphatic carbocycles. The zero-order valence-corrected chi connectivity index (χ0v) is 11.3. The van der Waals surface area contributed by atoms with Crippen molar-refractivity contribution >= 4 is 15.9 Å². The van der Waals surface area contributed by atoms with E-state index in [4.69, 9.17) is 0 Å². The minimum atomic E-state index is 0.357. The van der Waals surface area contributed by atoms with E-state index in [0.29, 0.717) is 6.04 Å². The van der Waals surface area contributed by atoms with Crippen LogP contribution < -0.4 is 5.32 Å². The van der Waals surface area contributed by atoms with Crippen molar-refractivity contribution in [3.8, 4) is 0 Å². The zero-order chi connectivity index (χ0) is 12.1. The van der Waals surface area contributed by atoms with Crippen molar-refractivity contribution in [1.82, 2.24) is 20.1 Å². The summed E-state index contributed by atoms with van der Waals surface area (Å²) in [6.45, 7) is 3.82. The molecule has 0 saturated heterocycles. The molecule has 5 heteroatoms. The highest BCUT2D eigenvalue weighted by atomic mass is 79.9. The summed E-state index contributed by atoms with van der Waals surface area (Å²) in [5.41, 5.74) is 1.27. The number of nitrogens with zero attached hydrogens (tertiary/aromatic N) is 3. The fourth-order valence-corrected chi connectivity index (χ4v) is 2.06. The minimum Gasteiger partial charge on any atom is -0.308 e. The van der Waals surface area contributed by atoms with E-state index in [2.05, 4.69) is 50.4 Å². The highest BCUT2D eigenvalue weighted by molar-refractivity contribution is 9.10. The monoisotopic (exact) mass is 294 g/mol. The molecule has 0 fully saturated rings. The Kier molecular flexibility index (Phi) is 4.28. The molecule has 0 aliphatic heterocycles. The minimum absolute atomic E-state index is 0.357. The summed E-state index contributed by atoms with van der Waals surface area (Å²) in [4.78, 5) is 3.92. The lowest BCUT2D eigenvalue weighted by Gasteiger charge is -2.13. The van der Waals surface area contributed by atoms with Crippen LogP contribution in [0.4, 0.5) is 0 Å². The van der Waals surface area contributed by atoms with Crippen LogP contribution in [0.5, 0.6) is 0 Å². The topological polar surface area (TPSA) is 42.7 Å². The van der Waals surface area contributed by atoms with Gasteiger partial charge >= 0.3 is 0 Å². The number of aromatic nitrogens is 3. The van der Waals surface area contributed by atoms with Crippen LogP contribution in [-0.4, -0.2) is 20.8 Å². The van der Waals surface area contributed by atoms with Crippen LogP contribution in [-0.2, 0) is 13.1 Å². The van der Waals surface area contributed by atoms with Gasteiger partial charge in [-0.15, -0.1) is 0 Å². The first-order valence-electron chi connectivity index (χ1n) is 5.54. The summed E-state index contributed by atoms with van der Waals surface area (Å²) in [6.07, 6.45) is 3.29. The Morgan fingerprint density at radius 2 is 2.35 bits per heavy atom. The van der Waals surface area contributed by atoms with Gasteiger partial charge in [-0.25, -0.2) is 4.98 Å². The van der Waals surface area contributed by atoms with E-state index >= 15 is 0 Å². The summed E-state index contributed by atoms with van der Waals surface area (Å²) in [6, 6.07) is 8.66. The van der Waals surface area contributed by atoms with Crippen molar-refractivity contribution in [3.05, 3.63) is 47.0 Å². The Labute approximate surface area is 109 Å². The lowest BCUT2D eigenvalue weighted by Crippen LogP contribution is -2.30. The normalized spacial score (nSPS) is 12.6. The Morgan fingerprint density at radius 3 is 3.06 bits per heavy atom. The predicted octanol–water partition coefficient (Wildman–Crippen LogP) is 2.22. The highest BCUT2D eigenvalue weighted by Crippen LogP contribution is 2.11. The lowest BCUT2D eigenvalue weighted by atomic mass is 10.2. The fraction of sp³-hybridized carbons (Fsp3) is 0.333. The second-order valence-corrected chi connectivity index (χ2v) is 4.95. The van der Waals surface area contributed by atoms with Gasteiger partial charge in [0.15, 0.2) is 0 Å². The summed E-state index contributed by atoms with van der Waals surface area (Å²) < 4.78 is 2.94. The van der Waals surface area contributed by atoms with Gasteiger partial charge in [-0.3, -0.25) is 4.68 Å². The van der Waals surface area contributed by atoms with Crippen LogP contribution >= 0.6 is 15.9 Å². The van der Waals surface area contributed by atoms with E-state index in [0.717, 1.165) is 17.6 Å². The number of rotatable bonds is 5. The van der Waals surface area contributed by atoms with Crippen molar-refractivity contribution in [3.63, 3.8) is 0 Å². The van der Waals surface area contributed by atoms with E-state index in [1.54, 1.807) is 12.7 Å². The summed E-state index contributed by atoms with van der Waals surface area (Å²) >= 11 is 3.47. The number of benzene rings is 1. The molecular formula is C12H15BrN4. The molecule has 90 valence electrons. The number of halogens is 1. The Bertz CT molecular complexity index is 455. The maximum atomic E-state index is 4.08. The lowest BCUT2D eigenvalue weighted by molar-refractivity contribution is 0.450. The smallest absolute Gasteiger partial charge is 0.137 e. The van der Waals surface area contributed by atoms with Crippen LogP contribution in [0, 0.1) is 0 Å². The van der Waals surface area contributed by atoms with Gasteiger partial charge in [0.25, 0.3) is 0 Å². The molecule has 1 N–H and O–H groups in total. The maximum absolute atomic E-state index is 4.08. The van der Waals surface area contributed by atoms with Crippen LogP contribution in [0.2, 0.25) is 0 Å². The molecule has 0 bridgehead atoms. The van der Waals surface area contributed by atoms with E-state index in [9.17, 15) is 0 Å². The molecule has 2 aromatic rings. The third kappa shape index (κ3) is 3.94. The molecule has 0 spiro atoms. The van der Waals surface area contributed by atoms with Crippen LogP contribution in [0.15, 0.2) is 41.4 Å². The Balaban J connectivity index is 1.82. The molecule has 1 atom stereocenters. The molecule has 0 amide bonds. The summed E-state index contributed by atoms with van der Waals surface area (Å²) in [7, 11) is 0. The van der Waals surface area contributed by atoms with E-state index in [-0.39, 0.29) is 0 Å². The highest BCUT2D eigenvalue weighted by Gasteiger charge is 2.03. The largest absolute Gasteiger partial charge is 0.308 e. The first kappa shape index (κ1) is 12.3. The van der Waals surface area contributed by atoms with Crippen molar-refractivity contribution in [1.29, 1.82) is 0 Å². The molecule has 0 radical (unpaired) electrons. The maximum Gasteiger partial charge on any atom is 0.137 e. The van der Waals surface area contributed by atoms with E-state index in [1.807, 2.05) is 16.8 Å². The first-order valence-corrected chi connectivity index (χ1v) is 6.33. The van der Waals surface area contributed by atoms with Gasteiger partial charge in [-0.2, -0.15) is 5.10 Å². The van der Waals surface area contributed by atoms with Crippen LogP contribution in [0.3, 0.4) is 0 Å². The molecule has 0 aliphatic rings. The van der Waals surface area contributed by atoms with Crippen molar-refractivity contribution in [2.24, 2.45) is 0 Å². The summed E-state index contributed by atoms with van der Waals surface area (Å²) in [5, 5.41) is 7.54. The molecule has 2 rings (SSSR count). The third-order valence-corrected chi connectivity index (χ3v) is 2.96. The zero-order valence-electron chi connectivity index (χ0n) is 9.68. The third-order valence-electron chi connectivity index (χ3n) is 2.47. The van der Waals surface area contributed by atoms with Gasteiger partial charge in [0.1, 0.15) is 12.7 Å². The van der Waals surface area contributed by atoms with Crippen molar-refractivity contribution in [2.45, 2.75) is 26.1 Å². The molecule has 1 aromatic heterocycles. The van der Waals surface area contributed by atoms with Gasteiger partial charge < -0.3 is 5.32 Å². The molecule has 4 nitrogen and oxygen atoms in total. The van der Waals surface area contributed by atoms with Gasteiger partial charge in [0.2, 0.25) is 0 Å². The van der Waals surface area contributed by atoms with Crippen molar-refractivity contribution < 1.29 is 0 Å². The number of nitrogens with one attached hydrogen (secondary N) is 1. The van der Waals surface area contributed by atoms with Gasteiger partial charge in [0, 0.05) is 17.1 Å². The molecule has 0 saturated carbocycles. The number of hydrogen-bond donors (Lipinski definition) is 1. The van der Waals surface area contributed by atoms with Crippen LogP contribution in [0.25, 0.3) is 0 Å². The average molecular weight is 295 g/mol. The van der Waals surface area contributed by atoms with Crippen molar-refractivity contribution in [2.75, 3.05) is 0 Å². The van der Waals surface area contributed by atoms with Gasteiger partial charge in [-0.1, -0.05) is 28.1 Å². The predicted molar refractivity (Wildman–Crippen MR) is 70.5 cm³/mol. The summed E-state index contributed by atoms with van der Waals surface area (Å²) in [5.74, 6) is 0. The second-order valence-electron chi connectivity index (χ2n) is 4.03. The van der Waals surface area contributed by atoms with Gasteiger partial charge in [0.05, 0.1) is 6.54 Å². The molecule has 17 heavy (non-hydrogen) atoms. The molecule has 1 heterocycles. The molecular weight excluding hydrogens is 280 g/mol. The molecule has 1 aromatic carbocycles. The standard InChI is InChI=1S/C12H15BrN4/c1-10(7-17-9-14-8-16-17)15-6-11-3-2-4-12(13)5-11/h2-5,8-10,15H,6-7H2,1H3. The SMILES string of the molecule is CC(Cn1cncn1)NCc1cccc(Br)c1. The van der Waals surface area contributed by atoms with Crippen LogP contribution in [0.1, 0.15) is 12.5 Å². The van der Waals surface area contributed by atoms with E-state index in [1.165, 1.54) is 5.56 Å². The Morgan fingerprint density at radius 1 is 1.47 bits per heavy atom. The fourth-order valence-electron chi connectivity index (χ4n) is 1.61. The second kappa shape index (κ2) is 5.93. The quantitative estimate of drug-likeness (QED) is 0.919. The first-order chi connectivity index (χ1) is 8.24.